The normalized spacial score (nSPS) is 16.3. The lowest BCUT2D eigenvalue weighted by atomic mass is 10.1. The maximum absolute atomic E-state index is 12.5. The van der Waals surface area contributed by atoms with E-state index in [1.165, 1.54) is 0 Å². The van der Waals surface area contributed by atoms with Gasteiger partial charge in [-0.05, 0) is 12.5 Å². The Morgan fingerprint density at radius 1 is 1.09 bits per heavy atom. The Morgan fingerprint density at radius 3 is 2.39 bits per heavy atom. The molecule has 0 spiro atoms. The van der Waals surface area contributed by atoms with Gasteiger partial charge in [-0.2, -0.15) is 5.10 Å². The Kier molecular flexibility index (Phi) is 3.69. The van der Waals surface area contributed by atoms with Crippen molar-refractivity contribution >= 4 is 17.8 Å². The Hall–Kier alpha value is -2.96. The average molecular weight is 312 g/mol. The molecule has 1 aliphatic rings. The predicted molar refractivity (Wildman–Crippen MR) is 80.9 cm³/mol. The molecular weight excluding hydrogens is 296 g/mol. The van der Waals surface area contributed by atoms with Crippen molar-refractivity contribution < 1.29 is 14.4 Å². The molecule has 1 aromatic heterocycles. The van der Waals surface area contributed by atoms with E-state index in [2.05, 4.69) is 5.10 Å². The van der Waals surface area contributed by atoms with Crippen molar-refractivity contribution in [2.24, 2.45) is 7.05 Å². The lowest BCUT2D eigenvalue weighted by Gasteiger charge is -2.22. The van der Waals surface area contributed by atoms with E-state index in [0.29, 0.717) is 5.56 Å². The van der Waals surface area contributed by atoms with Crippen LogP contribution in [0.4, 0.5) is 4.79 Å². The minimum absolute atomic E-state index is 0.0370. The van der Waals surface area contributed by atoms with Gasteiger partial charge in [0.1, 0.15) is 0 Å². The number of aryl methyl sites for hydroxylation is 1. The number of hydrogen-bond donors (Lipinski definition) is 0. The van der Waals surface area contributed by atoms with Crippen LogP contribution in [0, 0.1) is 0 Å². The van der Waals surface area contributed by atoms with Crippen molar-refractivity contribution in [2.45, 2.75) is 19.5 Å². The fourth-order valence-corrected chi connectivity index (χ4v) is 2.62. The maximum atomic E-state index is 12.5. The molecule has 0 bridgehead atoms. The summed E-state index contributed by atoms with van der Waals surface area (Å²) in [4.78, 5) is 38.9. The largest absolute Gasteiger partial charge is 0.335 e. The summed E-state index contributed by atoms with van der Waals surface area (Å²) < 4.78 is 1.58. The molecule has 3 rings (SSSR count). The quantitative estimate of drug-likeness (QED) is 0.633. The Bertz CT molecular complexity index is 769. The minimum atomic E-state index is -0.804. The van der Waals surface area contributed by atoms with Gasteiger partial charge in [0, 0.05) is 18.8 Å². The van der Waals surface area contributed by atoms with E-state index in [-0.39, 0.29) is 6.54 Å². The van der Waals surface area contributed by atoms with Crippen LogP contribution in [0.3, 0.4) is 0 Å². The zero-order chi connectivity index (χ0) is 16.6. The smallest absolute Gasteiger partial charge is 0.275 e. The third-order valence-corrected chi connectivity index (χ3v) is 3.85. The van der Waals surface area contributed by atoms with Gasteiger partial charge in [0.15, 0.2) is 0 Å². The molecule has 0 saturated carbocycles. The fourth-order valence-electron chi connectivity index (χ4n) is 2.62. The topological polar surface area (TPSA) is 75.5 Å². The van der Waals surface area contributed by atoms with Crippen LogP contribution in [0.15, 0.2) is 42.7 Å². The molecule has 0 N–H and O–H groups in total. The Morgan fingerprint density at radius 2 is 1.78 bits per heavy atom. The number of aromatic nitrogens is 2. The van der Waals surface area contributed by atoms with E-state index in [9.17, 15) is 14.4 Å². The zero-order valence-electron chi connectivity index (χ0n) is 12.8. The number of carbonyl (C=O) groups excluding carboxylic acids is 3. The molecule has 2 heterocycles. The molecule has 23 heavy (non-hydrogen) atoms. The molecule has 1 aromatic carbocycles. The van der Waals surface area contributed by atoms with Crippen molar-refractivity contribution in [1.82, 2.24) is 19.6 Å². The SMILES string of the molecule is C[C@@H](c1ccccc1)N1C(=O)C(=O)N(Cc2cnn(C)c2)C1=O. The van der Waals surface area contributed by atoms with Gasteiger partial charge < -0.3 is 0 Å². The van der Waals surface area contributed by atoms with Crippen molar-refractivity contribution in [3.8, 4) is 0 Å². The van der Waals surface area contributed by atoms with Crippen LogP contribution >= 0.6 is 0 Å². The number of urea groups is 1. The van der Waals surface area contributed by atoms with Crippen molar-refractivity contribution in [1.29, 1.82) is 0 Å². The summed E-state index contributed by atoms with van der Waals surface area (Å²) in [5.74, 6) is -1.60. The van der Waals surface area contributed by atoms with E-state index in [1.807, 2.05) is 30.3 Å². The van der Waals surface area contributed by atoms with E-state index >= 15 is 0 Å². The third-order valence-electron chi connectivity index (χ3n) is 3.85. The molecule has 2 aromatic rings. The Balaban J connectivity index is 1.85. The van der Waals surface area contributed by atoms with Gasteiger partial charge in [-0.3, -0.25) is 19.2 Å². The molecule has 4 amide bonds. The molecule has 0 aliphatic carbocycles. The van der Waals surface area contributed by atoms with Gasteiger partial charge in [-0.1, -0.05) is 30.3 Å². The number of benzene rings is 1. The fraction of sp³-hybridized carbons (Fsp3) is 0.250. The summed E-state index contributed by atoms with van der Waals surface area (Å²) in [7, 11) is 1.74. The molecule has 1 fully saturated rings. The maximum Gasteiger partial charge on any atom is 0.335 e. The number of hydrogen-bond acceptors (Lipinski definition) is 4. The number of rotatable bonds is 4. The van der Waals surface area contributed by atoms with E-state index in [4.69, 9.17) is 0 Å². The third kappa shape index (κ3) is 2.61. The molecule has 7 nitrogen and oxygen atoms in total. The van der Waals surface area contributed by atoms with Crippen LogP contribution in [0.1, 0.15) is 24.1 Å². The van der Waals surface area contributed by atoms with Crippen LogP contribution in [0.2, 0.25) is 0 Å². The average Bonchev–Trinajstić information content (AvgIpc) is 3.05. The van der Waals surface area contributed by atoms with Crippen LogP contribution in [0.25, 0.3) is 0 Å². The highest BCUT2D eigenvalue weighted by molar-refractivity contribution is 6.44. The molecule has 7 heteroatoms. The lowest BCUT2D eigenvalue weighted by Crippen LogP contribution is -2.35. The van der Waals surface area contributed by atoms with E-state index in [0.717, 1.165) is 15.4 Å². The second kappa shape index (κ2) is 5.68. The monoisotopic (exact) mass is 312 g/mol. The molecular formula is C16H16N4O3. The summed E-state index contributed by atoms with van der Waals surface area (Å²) in [6.45, 7) is 1.77. The second-order valence-electron chi connectivity index (χ2n) is 5.46. The second-order valence-corrected chi connectivity index (χ2v) is 5.46. The summed E-state index contributed by atoms with van der Waals surface area (Å²) in [6.07, 6.45) is 3.27. The van der Waals surface area contributed by atoms with E-state index < -0.39 is 23.9 Å². The minimum Gasteiger partial charge on any atom is -0.275 e. The van der Waals surface area contributed by atoms with Crippen molar-refractivity contribution in [2.75, 3.05) is 0 Å². The summed E-state index contributed by atoms with van der Waals surface area (Å²) >= 11 is 0. The molecule has 0 radical (unpaired) electrons. The van der Waals surface area contributed by atoms with Gasteiger partial charge >= 0.3 is 17.8 Å². The first kappa shape index (κ1) is 15.0. The molecule has 1 aliphatic heterocycles. The molecule has 1 saturated heterocycles. The highest BCUT2D eigenvalue weighted by atomic mass is 16.2. The van der Waals surface area contributed by atoms with Gasteiger partial charge in [0.05, 0.1) is 18.8 Å². The number of amides is 4. The number of carbonyl (C=O) groups is 3. The Labute approximate surface area is 133 Å². The highest BCUT2D eigenvalue weighted by Crippen LogP contribution is 2.26. The first-order valence-corrected chi connectivity index (χ1v) is 7.20. The van der Waals surface area contributed by atoms with Crippen molar-refractivity contribution in [3.63, 3.8) is 0 Å². The highest BCUT2D eigenvalue weighted by Gasteiger charge is 2.46. The first-order chi connectivity index (χ1) is 11.0. The van der Waals surface area contributed by atoms with Gasteiger partial charge in [-0.25, -0.2) is 9.69 Å². The van der Waals surface area contributed by atoms with Crippen LogP contribution in [0.5, 0.6) is 0 Å². The van der Waals surface area contributed by atoms with E-state index in [1.54, 1.807) is 31.0 Å². The van der Waals surface area contributed by atoms with Crippen molar-refractivity contribution in [3.05, 3.63) is 53.9 Å². The number of imide groups is 2. The zero-order valence-corrected chi connectivity index (χ0v) is 12.8. The molecule has 118 valence electrons. The molecule has 1 atom stereocenters. The first-order valence-electron chi connectivity index (χ1n) is 7.20. The number of nitrogens with zero attached hydrogens (tertiary/aromatic N) is 4. The molecule has 0 unspecified atom stereocenters. The van der Waals surface area contributed by atoms with Crippen LogP contribution in [-0.2, 0) is 23.2 Å². The standard InChI is InChI=1S/C16H16N4O3/c1-11(13-6-4-3-5-7-13)20-15(22)14(21)19(16(20)23)10-12-8-17-18(2)9-12/h3-9,11H,10H2,1-2H3/t11-/m0/s1. The van der Waals surface area contributed by atoms with Gasteiger partial charge in [-0.15, -0.1) is 0 Å². The lowest BCUT2D eigenvalue weighted by molar-refractivity contribution is -0.144. The summed E-state index contributed by atoms with van der Waals surface area (Å²) in [5.41, 5.74) is 1.49. The van der Waals surface area contributed by atoms with Gasteiger partial charge in [0.2, 0.25) is 0 Å². The van der Waals surface area contributed by atoms with Crippen LogP contribution < -0.4 is 0 Å². The predicted octanol–water partition coefficient (Wildman–Crippen LogP) is 1.47. The summed E-state index contributed by atoms with van der Waals surface area (Å²) in [6, 6.07) is 8.04. The van der Waals surface area contributed by atoms with Crippen LogP contribution in [-0.4, -0.2) is 37.4 Å². The van der Waals surface area contributed by atoms with Gasteiger partial charge in [0.25, 0.3) is 0 Å². The summed E-state index contributed by atoms with van der Waals surface area (Å²) in [5, 5.41) is 4.00.